The summed E-state index contributed by atoms with van der Waals surface area (Å²) in [5.74, 6) is 2.67. The number of benzene rings is 1. The maximum atomic E-state index is 5.89. The average Bonchev–Trinajstić information content (AvgIpc) is 3.06. The average molecular weight is 371 g/mol. The molecule has 148 valence electrons. The topological polar surface area (TPSA) is 52.8 Å². The van der Waals surface area contributed by atoms with E-state index in [4.69, 9.17) is 9.41 Å². The molecule has 1 fully saturated rings. The van der Waals surface area contributed by atoms with E-state index >= 15 is 0 Å². The Morgan fingerprint density at radius 1 is 1.26 bits per heavy atom. The first-order valence-corrected chi connectivity index (χ1v) is 10.4. The number of rotatable bonds is 7. The van der Waals surface area contributed by atoms with E-state index in [0.717, 1.165) is 48.1 Å². The minimum Gasteiger partial charge on any atom is -0.461 e. The third-order valence-corrected chi connectivity index (χ3v) is 5.00. The van der Waals surface area contributed by atoms with E-state index in [2.05, 4.69) is 48.4 Å². The minimum absolute atomic E-state index is 0.511. The number of hydrogen-bond acceptors (Lipinski definition) is 3. The highest BCUT2D eigenvalue weighted by Crippen LogP contribution is 2.19. The first-order chi connectivity index (χ1) is 13.1. The summed E-state index contributed by atoms with van der Waals surface area (Å²) in [4.78, 5) is 7.34. The maximum absolute atomic E-state index is 5.89. The van der Waals surface area contributed by atoms with Gasteiger partial charge in [0.2, 0.25) is 0 Å². The Hall–Kier alpha value is -2.01. The number of fused-ring (bicyclic) bond motifs is 1. The molecule has 27 heavy (non-hydrogen) atoms. The molecule has 1 aromatic carbocycles. The summed E-state index contributed by atoms with van der Waals surface area (Å²) in [5.41, 5.74) is 0.953. The van der Waals surface area contributed by atoms with Gasteiger partial charge in [0.05, 0.1) is 0 Å². The highest BCUT2D eigenvalue weighted by Gasteiger charge is 2.20. The van der Waals surface area contributed by atoms with Crippen LogP contribution in [0.5, 0.6) is 0 Å². The van der Waals surface area contributed by atoms with Crippen LogP contribution in [0.2, 0.25) is 0 Å². The zero-order valence-electron chi connectivity index (χ0n) is 17.0. The Morgan fingerprint density at radius 2 is 2.04 bits per heavy atom. The van der Waals surface area contributed by atoms with Crippen LogP contribution >= 0.6 is 0 Å². The molecule has 0 saturated carbocycles. The number of nitrogens with one attached hydrogen (secondary N) is 2. The number of nitrogens with zero attached hydrogens (tertiary/aromatic N) is 2. The van der Waals surface area contributed by atoms with E-state index < -0.39 is 0 Å². The van der Waals surface area contributed by atoms with Gasteiger partial charge in [-0.1, -0.05) is 32.0 Å². The lowest BCUT2D eigenvalue weighted by atomic mass is 10.0. The molecule has 5 heteroatoms. The molecule has 2 heterocycles. The maximum Gasteiger partial charge on any atom is 0.191 e. The van der Waals surface area contributed by atoms with Crippen LogP contribution in [0.3, 0.4) is 0 Å². The fourth-order valence-electron chi connectivity index (χ4n) is 3.73. The molecule has 0 amide bonds. The highest BCUT2D eigenvalue weighted by molar-refractivity contribution is 5.80. The van der Waals surface area contributed by atoms with Crippen LogP contribution < -0.4 is 10.6 Å². The van der Waals surface area contributed by atoms with E-state index in [0.29, 0.717) is 6.04 Å². The molecule has 1 aliphatic heterocycles. The van der Waals surface area contributed by atoms with Crippen LogP contribution in [0, 0.1) is 5.92 Å². The van der Waals surface area contributed by atoms with Gasteiger partial charge in [0, 0.05) is 50.6 Å². The fourth-order valence-corrected chi connectivity index (χ4v) is 3.73. The number of furan rings is 1. The van der Waals surface area contributed by atoms with Crippen LogP contribution in [0.1, 0.15) is 39.4 Å². The molecule has 0 bridgehead atoms. The molecule has 0 aliphatic carbocycles. The van der Waals surface area contributed by atoms with Gasteiger partial charge in [-0.25, -0.2) is 0 Å². The fraction of sp³-hybridized carbons (Fsp3) is 0.591. The zero-order chi connectivity index (χ0) is 19.1. The normalized spacial score (nSPS) is 17.0. The molecule has 2 N–H and O–H groups in total. The summed E-state index contributed by atoms with van der Waals surface area (Å²) in [6.45, 7) is 11.9. The van der Waals surface area contributed by atoms with Crippen LogP contribution in [-0.4, -0.2) is 49.6 Å². The lowest BCUT2D eigenvalue weighted by Crippen LogP contribution is -2.49. The first-order valence-electron chi connectivity index (χ1n) is 10.4. The SMILES string of the molecule is CCNC(=NCCc1cc2ccccc2o1)NC1CCN(CC(C)C)CC1. The van der Waals surface area contributed by atoms with Crippen molar-refractivity contribution in [3.05, 3.63) is 36.1 Å². The zero-order valence-corrected chi connectivity index (χ0v) is 17.0. The second-order valence-corrected chi connectivity index (χ2v) is 7.87. The molecule has 1 aromatic heterocycles. The van der Waals surface area contributed by atoms with E-state index in [1.807, 2.05) is 18.2 Å². The Labute approximate surface area is 163 Å². The summed E-state index contributed by atoms with van der Waals surface area (Å²) in [5, 5.41) is 8.17. The quantitative estimate of drug-likeness (QED) is 0.577. The number of piperidine rings is 1. The van der Waals surface area contributed by atoms with E-state index in [-0.39, 0.29) is 0 Å². The molecule has 0 atom stereocenters. The molecule has 3 rings (SSSR count). The Kier molecular flexibility index (Phi) is 7.16. The predicted molar refractivity (Wildman–Crippen MR) is 113 cm³/mol. The van der Waals surface area contributed by atoms with E-state index in [1.54, 1.807) is 0 Å². The number of para-hydroxylation sites is 1. The van der Waals surface area contributed by atoms with Crippen LogP contribution in [-0.2, 0) is 6.42 Å². The molecule has 0 unspecified atom stereocenters. The van der Waals surface area contributed by atoms with Crippen molar-refractivity contribution in [2.45, 2.75) is 46.1 Å². The van der Waals surface area contributed by atoms with Crippen molar-refractivity contribution in [1.82, 2.24) is 15.5 Å². The van der Waals surface area contributed by atoms with Gasteiger partial charge < -0.3 is 20.0 Å². The van der Waals surface area contributed by atoms with Gasteiger partial charge in [0.15, 0.2) is 5.96 Å². The number of guanidine groups is 1. The standard InChI is InChI=1S/C22H34N4O/c1-4-23-22(25-19-10-13-26(14-11-19)16-17(2)3)24-12-9-20-15-18-7-5-6-8-21(18)27-20/h5-8,15,17,19H,4,9-14,16H2,1-3H3,(H2,23,24,25). The second kappa shape index (κ2) is 9.79. The third kappa shape index (κ3) is 5.99. The van der Waals surface area contributed by atoms with Gasteiger partial charge >= 0.3 is 0 Å². The predicted octanol–water partition coefficient (Wildman–Crippen LogP) is 3.65. The molecular formula is C22H34N4O. The van der Waals surface area contributed by atoms with E-state index in [9.17, 15) is 0 Å². The summed E-state index contributed by atoms with van der Waals surface area (Å²) < 4.78 is 5.89. The Balaban J connectivity index is 1.49. The van der Waals surface area contributed by atoms with Crippen molar-refractivity contribution in [2.75, 3.05) is 32.7 Å². The van der Waals surface area contributed by atoms with Gasteiger partial charge in [-0.05, 0) is 37.8 Å². The molecule has 2 aromatic rings. The van der Waals surface area contributed by atoms with Crippen LogP contribution in [0.25, 0.3) is 11.0 Å². The van der Waals surface area contributed by atoms with Gasteiger partial charge in [-0.2, -0.15) is 0 Å². The van der Waals surface area contributed by atoms with Crippen molar-refractivity contribution in [3.8, 4) is 0 Å². The van der Waals surface area contributed by atoms with Gasteiger partial charge in [-0.15, -0.1) is 0 Å². The molecular weight excluding hydrogens is 336 g/mol. The lowest BCUT2D eigenvalue weighted by molar-refractivity contribution is 0.187. The Morgan fingerprint density at radius 3 is 2.74 bits per heavy atom. The molecule has 1 aliphatic rings. The van der Waals surface area contributed by atoms with Crippen molar-refractivity contribution >= 4 is 16.9 Å². The lowest BCUT2D eigenvalue weighted by Gasteiger charge is -2.34. The molecule has 0 spiro atoms. The largest absolute Gasteiger partial charge is 0.461 e. The number of hydrogen-bond donors (Lipinski definition) is 2. The summed E-state index contributed by atoms with van der Waals surface area (Å²) >= 11 is 0. The number of likely N-dealkylation sites (tertiary alicyclic amines) is 1. The van der Waals surface area contributed by atoms with Gasteiger partial charge in [-0.3, -0.25) is 4.99 Å². The minimum atomic E-state index is 0.511. The molecule has 5 nitrogen and oxygen atoms in total. The summed E-state index contributed by atoms with van der Waals surface area (Å²) in [6, 6.07) is 10.8. The smallest absolute Gasteiger partial charge is 0.191 e. The highest BCUT2D eigenvalue weighted by atomic mass is 16.3. The third-order valence-electron chi connectivity index (χ3n) is 5.00. The molecule has 0 radical (unpaired) electrons. The van der Waals surface area contributed by atoms with Crippen molar-refractivity contribution in [1.29, 1.82) is 0 Å². The monoisotopic (exact) mass is 370 g/mol. The van der Waals surface area contributed by atoms with E-state index in [1.165, 1.54) is 32.5 Å². The van der Waals surface area contributed by atoms with Crippen LogP contribution in [0.4, 0.5) is 0 Å². The van der Waals surface area contributed by atoms with Gasteiger partial charge in [0.25, 0.3) is 0 Å². The molecule has 1 saturated heterocycles. The van der Waals surface area contributed by atoms with Gasteiger partial charge in [0.1, 0.15) is 11.3 Å². The van der Waals surface area contributed by atoms with Crippen LogP contribution in [0.15, 0.2) is 39.7 Å². The Bertz CT molecular complexity index is 696. The summed E-state index contributed by atoms with van der Waals surface area (Å²) in [6.07, 6.45) is 3.18. The second-order valence-electron chi connectivity index (χ2n) is 7.87. The number of aliphatic imine (C=N–C) groups is 1. The first kappa shape index (κ1) is 19.7. The summed E-state index contributed by atoms with van der Waals surface area (Å²) in [7, 11) is 0. The van der Waals surface area contributed by atoms with Crippen molar-refractivity contribution in [3.63, 3.8) is 0 Å². The van der Waals surface area contributed by atoms with Crippen molar-refractivity contribution < 1.29 is 4.42 Å². The van der Waals surface area contributed by atoms with Crippen molar-refractivity contribution in [2.24, 2.45) is 10.9 Å².